The Kier molecular flexibility index (Phi) is 4.09. The van der Waals surface area contributed by atoms with Gasteiger partial charge in [-0.15, -0.1) is 11.3 Å². The summed E-state index contributed by atoms with van der Waals surface area (Å²) in [6.07, 6.45) is 1.89. The third kappa shape index (κ3) is 3.53. The first kappa shape index (κ1) is 14.0. The molecular weight excluding hydrogens is 244 g/mol. The van der Waals surface area contributed by atoms with Crippen LogP contribution in [0.3, 0.4) is 0 Å². The molecule has 0 spiro atoms. The molecule has 1 heterocycles. The normalized spacial score (nSPS) is 24.3. The van der Waals surface area contributed by atoms with Crippen molar-refractivity contribution in [2.75, 3.05) is 13.6 Å². The largest absolute Gasteiger partial charge is 0.393 e. The van der Waals surface area contributed by atoms with E-state index in [1.54, 1.807) is 11.3 Å². The Balaban J connectivity index is 1.83. The summed E-state index contributed by atoms with van der Waals surface area (Å²) in [7, 11) is 2.14. The van der Waals surface area contributed by atoms with Crippen LogP contribution in [0.4, 0.5) is 0 Å². The number of rotatable bonds is 4. The lowest BCUT2D eigenvalue weighted by Crippen LogP contribution is -2.36. The average molecular weight is 268 g/mol. The molecule has 0 unspecified atom stereocenters. The first-order chi connectivity index (χ1) is 8.34. The van der Waals surface area contributed by atoms with Crippen LogP contribution in [0.5, 0.6) is 0 Å². The zero-order valence-corrected chi connectivity index (χ0v) is 12.6. The van der Waals surface area contributed by atoms with Crippen molar-refractivity contribution in [2.45, 2.75) is 51.7 Å². The van der Waals surface area contributed by atoms with Crippen LogP contribution in [-0.4, -0.2) is 34.7 Å². The van der Waals surface area contributed by atoms with Gasteiger partial charge in [0.05, 0.1) is 18.3 Å². The van der Waals surface area contributed by atoms with Gasteiger partial charge < -0.3 is 5.11 Å². The number of aliphatic hydroxyl groups is 1. The molecule has 1 aromatic rings. The van der Waals surface area contributed by atoms with Gasteiger partial charge in [-0.05, 0) is 25.8 Å². The maximum absolute atomic E-state index is 9.29. The third-order valence-corrected chi connectivity index (χ3v) is 4.34. The Morgan fingerprint density at radius 3 is 2.61 bits per heavy atom. The molecule has 1 saturated carbocycles. The fraction of sp³-hybridized carbons (Fsp3) is 0.786. The van der Waals surface area contributed by atoms with Gasteiger partial charge in [0, 0.05) is 17.3 Å². The molecule has 3 nitrogen and oxygen atoms in total. The smallest absolute Gasteiger partial charge is 0.107 e. The summed E-state index contributed by atoms with van der Waals surface area (Å²) in [6, 6.07) is 0. The van der Waals surface area contributed by atoms with Crippen LogP contribution in [0.2, 0.25) is 0 Å². The summed E-state index contributed by atoms with van der Waals surface area (Å²) in [5.41, 5.74) is 1.33. The molecule has 1 N–H and O–H groups in total. The highest BCUT2D eigenvalue weighted by Crippen LogP contribution is 2.28. The fourth-order valence-electron chi connectivity index (χ4n) is 2.31. The summed E-state index contributed by atoms with van der Waals surface area (Å²) in [6.45, 7) is 8.59. The number of aliphatic hydroxyl groups excluding tert-OH is 1. The van der Waals surface area contributed by atoms with Crippen molar-refractivity contribution in [1.29, 1.82) is 0 Å². The van der Waals surface area contributed by atoms with Gasteiger partial charge in [-0.1, -0.05) is 20.8 Å². The fourth-order valence-corrected chi connectivity index (χ4v) is 3.41. The lowest BCUT2D eigenvalue weighted by molar-refractivity contribution is 0.0273. The zero-order valence-electron chi connectivity index (χ0n) is 11.8. The molecule has 4 heteroatoms. The number of hydrogen-bond acceptors (Lipinski definition) is 4. The van der Waals surface area contributed by atoms with Crippen LogP contribution in [0.15, 0.2) is 5.38 Å². The SMILES string of the molecule is CN(Cc1nc(C(C)(C)C)cs1)CC1CC(O)C1. The quantitative estimate of drug-likeness (QED) is 0.912. The van der Waals surface area contributed by atoms with Crippen molar-refractivity contribution < 1.29 is 5.11 Å². The molecule has 0 saturated heterocycles. The highest BCUT2D eigenvalue weighted by atomic mass is 32.1. The van der Waals surface area contributed by atoms with Crippen LogP contribution in [0.25, 0.3) is 0 Å². The predicted molar refractivity (Wildman–Crippen MR) is 75.9 cm³/mol. The third-order valence-electron chi connectivity index (χ3n) is 3.51. The Morgan fingerprint density at radius 2 is 2.11 bits per heavy atom. The summed E-state index contributed by atoms with van der Waals surface area (Å²) in [5.74, 6) is 0.673. The number of thiazole rings is 1. The Morgan fingerprint density at radius 1 is 1.44 bits per heavy atom. The molecule has 0 bridgehead atoms. The maximum atomic E-state index is 9.29. The zero-order chi connectivity index (χ0) is 13.3. The topological polar surface area (TPSA) is 36.4 Å². The minimum Gasteiger partial charge on any atom is -0.393 e. The van der Waals surface area contributed by atoms with Crippen molar-refractivity contribution in [2.24, 2.45) is 5.92 Å². The minimum atomic E-state index is -0.0456. The minimum absolute atomic E-state index is 0.0456. The Labute approximate surface area is 114 Å². The van der Waals surface area contributed by atoms with Crippen molar-refractivity contribution >= 4 is 11.3 Å². The Bertz CT molecular complexity index is 391. The molecule has 0 aromatic carbocycles. The van der Waals surface area contributed by atoms with E-state index in [-0.39, 0.29) is 11.5 Å². The number of nitrogens with zero attached hydrogens (tertiary/aromatic N) is 2. The lowest BCUT2D eigenvalue weighted by Gasteiger charge is -2.34. The maximum Gasteiger partial charge on any atom is 0.107 e. The van der Waals surface area contributed by atoms with Gasteiger partial charge in [0.25, 0.3) is 0 Å². The van der Waals surface area contributed by atoms with Gasteiger partial charge in [0.15, 0.2) is 0 Å². The van der Waals surface area contributed by atoms with E-state index in [2.05, 4.69) is 38.1 Å². The molecule has 1 aliphatic rings. The van der Waals surface area contributed by atoms with Crippen LogP contribution >= 0.6 is 11.3 Å². The Hall–Kier alpha value is -0.450. The summed E-state index contributed by atoms with van der Waals surface area (Å²) in [5, 5.41) is 12.7. The second-order valence-electron chi connectivity index (χ2n) is 6.56. The van der Waals surface area contributed by atoms with E-state index in [1.165, 1.54) is 10.7 Å². The summed E-state index contributed by atoms with van der Waals surface area (Å²) < 4.78 is 0. The first-order valence-corrected chi connectivity index (χ1v) is 7.54. The van der Waals surface area contributed by atoms with Crippen LogP contribution < -0.4 is 0 Å². The van der Waals surface area contributed by atoms with Gasteiger partial charge in [-0.2, -0.15) is 0 Å². The molecule has 1 aromatic heterocycles. The van der Waals surface area contributed by atoms with Gasteiger partial charge >= 0.3 is 0 Å². The van der Waals surface area contributed by atoms with Gasteiger partial charge in [0.1, 0.15) is 5.01 Å². The van der Waals surface area contributed by atoms with E-state index in [4.69, 9.17) is 4.98 Å². The van der Waals surface area contributed by atoms with Crippen LogP contribution in [0.1, 0.15) is 44.3 Å². The van der Waals surface area contributed by atoms with Crippen molar-refractivity contribution in [3.05, 3.63) is 16.1 Å². The highest BCUT2D eigenvalue weighted by Gasteiger charge is 2.28. The van der Waals surface area contributed by atoms with E-state index in [1.807, 2.05) is 0 Å². The monoisotopic (exact) mass is 268 g/mol. The van der Waals surface area contributed by atoms with E-state index in [0.717, 1.165) is 25.9 Å². The molecule has 0 aliphatic heterocycles. The van der Waals surface area contributed by atoms with Gasteiger partial charge in [-0.25, -0.2) is 4.98 Å². The molecule has 0 amide bonds. The van der Waals surface area contributed by atoms with E-state index < -0.39 is 0 Å². The second kappa shape index (κ2) is 5.27. The average Bonchev–Trinajstić information content (AvgIpc) is 2.63. The van der Waals surface area contributed by atoms with Crippen molar-refractivity contribution in [1.82, 2.24) is 9.88 Å². The highest BCUT2D eigenvalue weighted by molar-refractivity contribution is 7.09. The predicted octanol–water partition coefficient (Wildman–Crippen LogP) is 2.64. The molecule has 0 radical (unpaired) electrons. The van der Waals surface area contributed by atoms with Gasteiger partial charge in [-0.3, -0.25) is 4.90 Å². The summed E-state index contributed by atoms with van der Waals surface area (Å²) in [4.78, 5) is 7.04. The molecule has 1 fully saturated rings. The molecule has 102 valence electrons. The van der Waals surface area contributed by atoms with Crippen LogP contribution in [-0.2, 0) is 12.0 Å². The second-order valence-corrected chi connectivity index (χ2v) is 7.51. The van der Waals surface area contributed by atoms with E-state index >= 15 is 0 Å². The first-order valence-electron chi connectivity index (χ1n) is 6.66. The number of hydrogen-bond donors (Lipinski definition) is 1. The van der Waals surface area contributed by atoms with Crippen molar-refractivity contribution in [3.8, 4) is 0 Å². The molecule has 2 rings (SSSR count). The molecule has 1 aliphatic carbocycles. The number of aromatic nitrogens is 1. The van der Waals surface area contributed by atoms with Crippen molar-refractivity contribution in [3.63, 3.8) is 0 Å². The molecule has 0 atom stereocenters. The van der Waals surface area contributed by atoms with Gasteiger partial charge in [0.2, 0.25) is 0 Å². The molecule has 18 heavy (non-hydrogen) atoms. The van der Waals surface area contributed by atoms with E-state index in [9.17, 15) is 5.11 Å². The summed E-state index contributed by atoms with van der Waals surface area (Å²) >= 11 is 1.76. The standard InChI is InChI=1S/C14H24N2OS/c1-14(2,3)12-9-18-13(15-12)8-16(4)7-10-5-11(17)6-10/h9-11,17H,5-8H2,1-4H3. The molecular formula is C14H24N2OS. The van der Waals surface area contributed by atoms with Crippen LogP contribution in [0, 0.1) is 5.92 Å². The lowest BCUT2D eigenvalue weighted by atomic mass is 9.82. The van der Waals surface area contributed by atoms with E-state index in [0.29, 0.717) is 5.92 Å².